The molecule has 0 bridgehead atoms. The molecule has 0 spiro atoms. The number of likely N-dealkylation sites (tertiary alicyclic amines) is 1. The van der Waals surface area contributed by atoms with E-state index in [2.05, 4.69) is 9.88 Å². The SMILES string of the molecule is Clc1cccc(-c2nc(CN3CCCC(C4OCCO4)C3)co2)c1. The van der Waals surface area contributed by atoms with Crippen LogP contribution >= 0.6 is 11.6 Å². The van der Waals surface area contributed by atoms with E-state index in [1.807, 2.05) is 24.3 Å². The lowest BCUT2D eigenvalue weighted by molar-refractivity contribution is -0.101. The Bertz CT molecular complexity index is 684. The van der Waals surface area contributed by atoms with Gasteiger partial charge in [0.05, 0.1) is 18.9 Å². The van der Waals surface area contributed by atoms with Crippen LogP contribution in [0.4, 0.5) is 0 Å². The summed E-state index contributed by atoms with van der Waals surface area (Å²) in [4.78, 5) is 7.01. The van der Waals surface area contributed by atoms with Crippen molar-refractivity contribution in [3.8, 4) is 11.5 Å². The van der Waals surface area contributed by atoms with Crippen LogP contribution < -0.4 is 0 Å². The summed E-state index contributed by atoms with van der Waals surface area (Å²) >= 11 is 6.03. The number of hydrogen-bond acceptors (Lipinski definition) is 5. The van der Waals surface area contributed by atoms with Gasteiger partial charge < -0.3 is 13.9 Å². The quantitative estimate of drug-likeness (QED) is 0.845. The van der Waals surface area contributed by atoms with Gasteiger partial charge in [-0.1, -0.05) is 17.7 Å². The minimum absolute atomic E-state index is 0.0351. The van der Waals surface area contributed by atoms with Crippen molar-refractivity contribution in [3.05, 3.63) is 41.2 Å². The molecule has 0 radical (unpaired) electrons. The lowest BCUT2D eigenvalue weighted by Gasteiger charge is -2.34. The number of ether oxygens (including phenoxy) is 2. The number of oxazole rings is 1. The van der Waals surface area contributed by atoms with Crippen LogP contribution in [0.3, 0.4) is 0 Å². The average molecular weight is 349 g/mol. The van der Waals surface area contributed by atoms with Crippen LogP contribution in [0.2, 0.25) is 5.02 Å². The van der Waals surface area contributed by atoms with Crippen molar-refractivity contribution < 1.29 is 13.9 Å². The van der Waals surface area contributed by atoms with E-state index in [9.17, 15) is 0 Å². The highest BCUT2D eigenvalue weighted by atomic mass is 35.5. The average Bonchev–Trinajstić information content (AvgIpc) is 3.27. The second-order valence-corrected chi connectivity index (χ2v) is 6.84. The molecule has 1 unspecified atom stereocenters. The Morgan fingerprint density at radius 1 is 1.25 bits per heavy atom. The van der Waals surface area contributed by atoms with Crippen molar-refractivity contribution in [1.82, 2.24) is 9.88 Å². The molecule has 1 aromatic heterocycles. The summed E-state index contributed by atoms with van der Waals surface area (Å²) in [7, 11) is 0. The molecule has 24 heavy (non-hydrogen) atoms. The first-order valence-corrected chi connectivity index (χ1v) is 8.81. The molecule has 3 heterocycles. The van der Waals surface area contributed by atoms with Gasteiger partial charge in [-0.3, -0.25) is 4.90 Å². The number of nitrogens with zero attached hydrogens (tertiary/aromatic N) is 2. The Kier molecular flexibility index (Phi) is 4.85. The molecular formula is C18H21ClN2O3. The van der Waals surface area contributed by atoms with Crippen molar-refractivity contribution in [3.63, 3.8) is 0 Å². The maximum absolute atomic E-state index is 6.03. The molecular weight excluding hydrogens is 328 g/mol. The van der Waals surface area contributed by atoms with Gasteiger partial charge >= 0.3 is 0 Å². The van der Waals surface area contributed by atoms with Crippen molar-refractivity contribution in [2.45, 2.75) is 25.7 Å². The van der Waals surface area contributed by atoms with E-state index in [4.69, 9.17) is 25.5 Å². The molecule has 2 fully saturated rings. The topological polar surface area (TPSA) is 47.7 Å². The largest absolute Gasteiger partial charge is 0.444 e. The van der Waals surface area contributed by atoms with Gasteiger partial charge in [-0.05, 0) is 37.6 Å². The molecule has 4 rings (SSSR count). The Morgan fingerprint density at radius 3 is 2.96 bits per heavy atom. The maximum atomic E-state index is 6.03. The predicted molar refractivity (Wildman–Crippen MR) is 90.6 cm³/mol. The third-order valence-corrected chi connectivity index (χ3v) is 4.82. The third-order valence-electron chi connectivity index (χ3n) is 4.58. The summed E-state index contributed by atoms with van der Waals surface area (Å²) in [6.07, 6.45) is 4.02. The Labute approximate surface area is 146 Å². The van der Waals surface area contributed by atoms with Crippen molar-refractivity contribution in [2.75, 3.05) is 26.3 Å². The van der Waals surface area contributed by atoms with Crippen LogP contribution in [0.15, 0.2) is 34.9 Å². The second-order valence-electron chi connectivity index (χ2n) is 6.40. The van der Waals surface area contributed by atoms with Gasteiger partial charge in [-0.15, -0.1) is 0 Å². The van der Waals surface area contributed by atoms with E-state index < -0.39 is 0 Å². The lowest BCUT2D eigenvalue weighted by Crippen LogP contribution is -2.40. The van der Waals surface area contributed by atoms with Gasteiger partial charge in [0.25, 0.3) is 0 Å². The first kappa shape index (κ1) is 16.1. The fraction of sp³-hybridized carbons (Fsp3) is 0.500. The molecule has 128 valence electrons. The van der Waals surface area contributed by atoms with Crippen molar-refractivity contribution >= 4 is 11.6 Å². The van der Waals surface area contributed by atoms with E-state index in [1.54, 1.807) is 6.26 Å². The lowest BCUT2D eigenvalue weighted by atomic mass is 9.97. The van der Waals surface area contributed by atoms with Gasteiger partial charge in [0.15, 0.2) is 6.29 Å². The Morgan fingerprint density at radius 2 is 2.12 bits per heavy atom. The summed E-state index contributed by atoms with van der Waals surface area (Å²) in [5, 5.41) is 0.683. The zero-order valence-electron chi connectivity index (χ0n) is 13.5. The number of halogens is 1. The van der Waals surface area contributed by atoms with E-state index in [1.165, 1.54) is 0 Å². The minimum atomic E-state index is -0.0351. The maximum Gasteiger partial charge on any atom is 0.226 e. The van der Waals surface area contributed by atoms with Crippen LogP contribution in [0.1, 0.15) is 18.5 Å². The summed E-state index contributed by atoms with van der Waals surface area (Å²) in [6.45, 7) is 4.26. The van der Waals surface area contributed by atoms with Crippen LogP contribution in [-0.4, -0.2) is 42.5 Å². The fourth-order valence-corrected chi connectivity index (χ4v) is 3.66. The minimum Gasteiger partial charge on any atom is -0.444 e. The summed E-state index contributed by atoms with van der Waals surface area (Å²) in [6, 6.07) is 7.56. The molecule has 5 nitrogen and oxygen atoms in total. The molecule has 1 aromatic carbocycles. The normalized spacial score (nSPS) is 23.0. The number of rotatable bonds is 4. The van der Waals surface area contributed by atoms with E-state index in [0.717, 1.165) is 43.7 Å². The van der Waals surface area contributed by atoms with E-state index in [-0.39, 0.29) is 6.29 Å². The Hall–Kier alpha value is -1.40. The number of piperidine rings is 1. The first-order valence-electron chi connectivity index (χ1n) is 8.44. The van der Waals surface area contributed by atoms with Gasteiger partial charge in [0.2, 0.25) is 5.89 Å². The third kappa shape index (κ3) is 3.64. The van der Waals surface area contributed by atoms with Gasteiger partial charge in [0, 0.05) is 29.6 Å². The summed E-state index contributed by atoms with van der Waals surface area (Å²) in [5.41, 5.74) is 1.84. The van der Waals surface area contributed by atoms with Crippen LogP contribution in [0.5, 0.6) is 0 Å². The first-order chi connectivity index (χ1) is 11.8. The van der Waals surface area contributed by atoms with Crippen LogP contribution in [-0.2, 0) is 16.0 Å². The highest BCUT2D eigenvalue weighted by molar-refractivity contribution is 6.30. The number of benzene rings is 1. The zero-order chi connectivity index (χ0) is 16.4. The van der Waals surface area contributed by atoms with Crippen LogP contribution in [0.25, 0.3) is 11.5 Å². The van der Waals surface area contributed by atoms with Crippen LogP contribution in [0, 0.1) is 5.92 Å². The number of hydrogen-bond donors (Lipinski definition) is 0. The zero-order valence-corrected chi connectivity index (χ0v) is 14.2. The van der Waals surface area contributed by atoms with Crippen molar-refractivity contribution in [1.29, 1.82) is 0 Å². The molecule has 0 saturated carbocycles. The monoisotopic (exact) mass is 348 g/mol. The standard InChI is InChI=1S/C18H21ClN2O3/c19-15-5-1-3-13(9-15)17-20-16(12-24-17)11-21-6-2-4-14(10-21)18-22-7-8-23-18/h1,3,5,9,12,14,18H,2,4,6-8,10-11H2. The van der Waals surface area contributed by atoms with Gasteiger partial charge in [0.1, 0.15) is 6.26 Å². The van der Waals surface area contributed by atoms with Gasteiger partial charge in [-0.25, -0.2) is 4.98 Å². The van der Waals surface area contributed by atoms with E-state index >= 15 is 0 Å². The molecule has 2 aliphatic heterocycles. The summed E-state index contributed by atoms with van der Waals surface area (Å²) in [5.74, 6) is 1.06. The smallest absolute Gasteiger partial charge is 0.226 e. The molecule has 2 aromatic rings. The highest BCUT2D eigenvalue weighted by Crippen LogP contribution is 2.27. The molecule has 2 aliphatic rings. The fourth-order valence-electron chi connectivity index (χ4n) is 3.47. The second kappa shape index (κ2) is 7.23. The molecule has 0 amide bonds. The Balaban J connectivity index is 1.40. The number of aromatic nitrogens is 1. The van der Waals surface area contributed by atoms with Gasteiger partial charge in [-0.2, -0.15) is 0 Å². The highest BCUT2D eigenvalue weighted by Gasteiger charge is 2.31. The summed E-state index contributed by atoms with van der Waals surface area (Å²) < 4.78 is 17.0. The predicted octanol–water partition coefficient (Wildman–Crippen LogP) is 3.58. The molecule has 1 atom stereocenters. The molecule has 0 N–H and O–H groups in total. The molecule has 6 heteroatoms. The van der Waals surface area contributed by atoms with Crippen molar-refractivity contribution in [2.24, 2.45) is 5.92 Å². The molecule has 2 saturated heterocycles. The molecule has 0 aliphatic carbocycles. The van der Waals surface area contributed by atoms with E-state index in [0.29, 0.717) is 30.0 Å².